The first kappa shape index (κ1) is 24.9. The van der Waals surface area contributed by atoms with Gasteiger partial charge in [0.05, 0.1) is 6.04 Å². The average Bonchev–Trinajstić information content (AvgIpc) is 3.34. The van der Waals surface area contributed by atoms with Crippen molar-refractivity contribution in [2.24, 2.45) is 0 Å². The molecule has 4 rings (SSSR count). The van der Waals surface area contributed by atoms with Crippen LogP contribution in [-0.4, -0.2) is 47.4 Å². The van der Waals surface area contributed by atoms with Crippen LogP contribution in [0.5, 0.6) is 5.75 Å². The van der Waals surface area contributed by atoms with Gasteiger partial charge in [-0.1, -0.05) is 19.1 Å². The van der Waals surface area contributed by atoms with E-state index in [9.17, 15) is 18.4 Å². The molecule has 8 heteroatoms. The highest BCUT2D eigenvalue weighted by atomic mass is 32.1. The van der Waals surface area contributed by atoms with Gasteiger partial charge in [-0.05, 0) is 67.1 Å². The molecular weight excluding hydrogens is 470 g/mol. The summed E-state index contributed by atoms with van der Waals surface area (Å²) in [6.45, 7) is 4.35. The number of carbonyl (C=O) groups is 2. The molecule has 1 aliphatic heterocycles. The zero-order chi connectivity index (χ0) is 24.9. The molecular formula is C27H28F2N2O3S. The van der Waals surface area contributed by atoms with Crippen molar-refractivity contribution < 1.29 is 23.1 Å². The van der Waals surface area contributed by atoms with Gasteiger partial charge in [0.15, 0.2) is 0 Å². The summed E-state index contributed by atoms with van der Waals surface area (Å²) < 4.78 is 33.3. The van der Waals surface area contributed by atoms with Crippen molar-refractivity contribution >= 4 is 23.2 Å². The Kier molecular flexibility index (Phi) is 7.80. The van der Waals surface area contributed by atoms with E-state index >= 15 is 0 Å². The molecule has 1 aliphatic rings. The number of carbonyl (C=O) groups excluding carboxylic acids is 2. The molecule has 184 valence electrons. The molecule has 5 nitrogen and oxygen atoms in total. The van der Waals surface area contributed by atoms with Gasteiger partial charge in [0, 0.05) is 29.1 Å². The molecule has 0 N–H and O–H groups in total. The fraction of sp³-hybridized carbons (Fsp3) is 0.333. The van der Waals surface area contributed by atoms with Gasteiger partial charge in [-0.3, -0.25) is 9.59 Å². The fourth-order valence-electron chi connectivity index (χ4n) is 4.28. The number of hydrogen-bond donors (Lipinski definition) is 0. The van der Waals surface area contributed by atoms with Crippen LogP contribution in [0.25, 0.3) is 0 Å². The third-order valence-corrected chi connectivity index (χ3v) is 7.38. The molecule has 0 unspecified atom stereocenters. The number of ether oxygens (including phenoxy) is 1. The Morgan fingerprint density at radius 2 is 1.89 bits per heavy atom. The minimum atomic E-state index is -0.498. The van der Waals surface area contributed by atoms with E-state index in [1.165, 1.54) is 40.1 Å². The number of fused-ring (bicyclic) bond motifs is 1. The van der Waals surface area contributed by atoms with Gasteiger partial charge < -0.3 is 14.5 Å². The van der Waals surface area contributed by atoms with Crippen LogP contribution in [0.15, 0.2) is 60.0 Å². The second-order valence-corrected chi connectivity index (χ2v) is 9.62. The van der Waals surface area contributed by atoms with Gasteiger partial charge in [0.1, 0.15) is 30.5 Å². The molecule has 0 saturated heterocycles. The lowest BCUT2D eigenvalue weighted by Crippen LogP contribution is -2.49. The van der Waals surface area contributed by atoms with Crippen LogP contribution >= 0.6 is 11.3 Å². The molecule has 2 atom stereocenters. The van der Waals surface area contributed by atoms with E-state index in [1.54, 1.807) is 34.4 Å². The summed E-state index contributed by atoms with van der Waals surface area (Å²) in [6.07, 6.45) is 1.37. The SMILES string of the molecule is CC[C@@H](C)N(CC(=O)N1CCc2sccc2[C@H]1COc1cccc(F)c1)C(=O)c1cccc(F)c1. The van der Waals surface area contributed by atoms with Crippen molar-refractivity contribution in [3.05, 3.63) is 87.6 Å². The highest BCUT2D eigenvalue weighted by Gasteiger charge is 2.34. The minimum Gasteiger partial charge on any atom is -0.491 e. The number of hydrogen-bond acceptors (Lipinski definition) is 4. The molecule has 0 aliphatic carbocycles. The van der Waals surface area contributed by atoms with E-state index in [2.05, 4.69) is 0 Å². The van der Waals surface area contributed by atoms with Gasteiger partial charge in [-0.15, -0.1) is 11.3 Å². The summed E-state index contributed by atoms with van der Waals surface area (Å²) in [5.74, 6) is -1.09. The maximum absolute atomic E-state index is 13.8. The van der Waals surface area contributed by atoms with Crippen LogP contribution in [0.2, 0.25) is 0 Å². The topological polar surface area (TPSA) is 49.9 Å². The zero-order valence-corrected chi connectivity index (χ0v) is 20.6. The zero-order valence-electron chi connectivity index (χ0n) is 19.7. The Hall–Kier alpha value is -3.26. The smallest absolute Gasteiger partial charge is 0.254 e. The predicted octanol–water partition coefficient (Wildman–Crippen LogP) is 5.47. The normalized spacial score (nSPS) is 15.9. The molecule has 2 aromatic carbocycles. The van der Waals surface area contributed by atoms with E-state index < -0.39 is 11.6 Å². The number of rotatable bonds is 8. The molecule has 3 aromatic rings. The van der Waals surface area contributed by atoms with Crippen molar-refractivity contribution in [2.75, 3.05) is 19.7 Å². The fourth-order valence-corrected chi connectivity index (χ4v) is 5.21. The molecule has 0 saturated carbocycles. The van der Waals surface area contributed by atoms with Crippen LogP contribution in [0.4, 0.5) is 8.78 Å². The molecule has 1 aromatic heterocycles. The number of thiophene rings is 1. The van der Waals surface area contributed by atoms with Gasteiger partial charge in [-0.2, -0.15) is 0 Å². The van der Waals surface area contributed by atoms with Crippen LogP contribution in [-0.2, 0) is 11.2 Å². The van der Waals surface area contributed by atoms with Crippen molar-refractivity contribution in [3.8, 4) is 5.75 Å². The highest BCUT2D eigenvalue weighted by molar-refractivity contribution is 7.10. The van der Waals surface area contributed by atoms with Gasteiger partial charge in [0.2, 0.25) is 5.91 Å². The lowest BCUT2D eigenvalue weighted by molar-refractivity contribution is -0.136. The van der Waals surface area contributed by atoms with Gasteiger partial charge in [0.25, 0.3) is 5.91 Å². The van der Waals surface area contributed by atoms with Crippen LogP contribution in [0.3, 0.4) is 0 Å². The third-order valence-electron chi connectivity index (χ3n) is 6.38. The van der Waals surface area contributed by atoms with E-state index in [4.69, 9.17) is 4.74 Å². The van der Waals surface area contributed by atoms with Crippen molar-refractivity contribution in [2.45, 2.75) is 38.8 Å². The van der Waals surface area contributed by atoms with Crippen LogP contribution in [0, 0.1) is 11.6 Å². The second-order valence-electron chi connectivity index (χ2n) is 8.62. The second kappa shape index (κ2) is 11.0. The summed E-state index contributed by atoms with van der Waals surface area (Å²) in [4.78, 5) is 31.2. The summed E-state index contributed by atoms with van der Waals surface area (Å²) in [7, 11) is 0. The quantitative estimate of drug-likeness (QED) is 0.414. The maximum atomic E-state index is 13.8. The van der Waals surface area contributed by atoms with Crippen molar-refractivity contribution in [1.82, 2.24) is 9.80 Å². The Morgan fingerprint density at radius 1 is 1.14 bits per heavy atom. The van der Waals surface area contributed by atoms with Crippen LogP contribution in [0.1, 0.15) is 47.1 Å². The average molecular weight is 499 g/mol. The molecule has 2 amide bonds. The summed E-state index contributed by atoms with van der Waals surface area (Å²) >= 11 is 1.64. The molecule has 0 radical (unpaired) electrons. The monoisotopic (exact) mass is 498 g/mol. The number of benzene rings is 2. The highest BCUT2D eigenvalue weighted by Crippen LogP contribution is 2.34. The Morgan fingerprint density at radius 3 is 2.60 bits per heavy atom. The van der Waals surface area contributed by atoms with E-state index in [1.807, 2.05) is 25.3 Å². The molecule has 2 heterocycles. The summed E-state index contributed by atoms with van der Waals surface area (Å²) in [5.41, 5.74) is 1.22. The van der Waals surface area contributed by atoms with Crippen molar-refractivity contribution in [1.29, 1.82) is 0 Å². The Bertz CT molecular complexity index is 1200. The lowest BCUT2D eigenvalue weighted by Gasteiger charge is -2.38. The van der Waals surface area contributed by atoms with E-state index in [0.29, 0.717) is 18.7 Å². The van der Waals surface area contributed by atoms with E-state index in [0.717, 1.165) is 12.0 Å². The van der Waals surface area contributed by atoms with Gasteiger partial charge in [-0.25, -0.2) is 8.78 Å². The Balaban J connectivity index is 1.55. The first-order chi connectivity index (χ1) is 16.9. The standard InChI is InChI=1S/C27H28F2N2O3S/c1-3-18(2)31(27(33)19-6-4-7-20(28)14-19)16-26(32)30-12-10-25-23(11-13-35-25)24(30)17-34-22-9-5-8-21(29)15-22/h4-9,11,13-15,18,24H,3,10,12,16-17H2,1-2H3/t18-,24-/m1/s1. The minimum absolute atomic E-state index is 0.125. The summed E-state index contributed by atoms with van der Waals surface area (Å²) in [5, 5.41) is 1.99. The molecule has 35 heavy (non-hydrogen) atoms. The van der Waals surface area contributed by atoms with Crippen molar-refractivity contribution in [3.63, 3.8) is 0 Å². The molecule has 0 fully saturated rings. The molecule has 0 bridgehead atoms. The lowest BCUT2D eigenvalue weighted by atomic mass is 10.00. The largest absolute Gasteiger partial charge is 0.491 e. The first-order valence-corrected chi connectivity index (χ1v) is 12.6. The third kappa shape index (κ3) is 5.70. The maximum Gasteiger partial charge on any atom is 0.254 e. The van der Waals surface area contributed by atoms with E-state index in [-0.39, 0.29) is 42.6 Å². The number of amides is 2. The molecule has 0 spiro atoms. The number of halogens is 2. The number of nitrogens with zero attached hydrogens (tertiary/aromatic N) is 2. The summed E-state index contributed by atoms with van der Waals surface area (Å²) in [6, 6.07) is 12.8. The Labute approximate surface area is 207 Å². The first-order valence-electron chi connectivity index (χ1n) is 11.7. The van der Waals surface area contributed by atoms with Gasteiger partial charge >= 0.3 is 0 Å². The predicted molar refractivity (Wildman–Crippen MR) is 132 cm³/mol. The van der Waals surface area contributed by atoms with Crippen LogP contribution < -0.4 is 4.74 Å².